The fourth-order valence-electron chi connectivity index (χ4n) is 3.71. The molecule has 1 aromatic heterocycles. The van der Waals surface area contributed by atoms with Crippen LogP contribution in [0.3, 0.4) is 0 Å². The maximum atomic E-state index is 11.7. The summed E-state index contributed by atoms with van der Waals surface area (Å²) >= 11 is 0. The highest BCUT2D eigenvalue weighted by Gasteiger charge is 2.21. The van der Waals surface area contributed by atoms with Crippen LogP contribution in [-0.2, 0) is 6.42 Å². The van der Waals surface area contributed by atoms with Crippen molar-refractivity contribution in [1.82, 2.24) is 10.3 Å². The molecule has 1 fully saturated rings. The quantitative estimate of drug-likeness (QED) is 0.905. The van der Waals surface area contributed by atoms with Crippen molar-refractivity contribution in [2.24, 2.45) is 5.92 Å². The van der Waals surface area contributed by atoms with Crippen molar-refractivity contribution in [2.45, 2.75) is 58.0 Å². The molecule has 0 saturated heterocycles. The van der Waals surface area contributed by atoms with Crippen molar-refractivity contribution in [3.8, 4) is 0 Å². The average Bonchev–Trinajstić information content (AvgIpc) is 2.49. The van der Waals surface area contributed by atoms with Crippen LogP contribution < -0.4 is 10.9 Å². The summed E-state index contributed by atoms with van der Waals surface area (Å²) in [4.78, 5) is 14.5. The Bertz CT molecular complexity index is 681. The third kappa shape index (κ3) is 3.58. The maximum Gasteiger partial charge on any atom is 0.255 e. The fraction of sp³-hybridized carbons (Fsp3) is 0.526. The molecule has 118 valence electrons. The molecule has 1 aromatic carbocycles. The lowest BCUT2D eigenvalue weighted by molar-refractivity contribution is 0.280. The molecule has 2 aromatic rings. The second kappa shape index (κ2) is 6.66. The highest BCUT2D eigenvalue weighted by molar-refractivity contribution is 5.81. The summed E-state index contributed by atoms with van der Waals surface area (Å²) in [7, 11) is 0. The molecule has 1 aliphatic carbocycles. The van der Waals surface area contributed by atoms with Gasteiger partial charge in [-0.25, -0.2) is 0 Å². The van der Waals surface area contributed by atoms with Crippen molar-refractivity contribution in [3.05, 3.63) is 46.4 Å². The van der Waals surface area contributed by atoms with Gasteiger partial charge in [0.05, 0.1) is 0 Å². The van der Waals surface area contributed by atoms with Crippen LogP contribution >= 0.6 is 0 Å². The summed E-state index contributed by atoms with van der Waals surface area (Å²) in [5.74, 6) is 0.782. The molecule has 3 heteroatoms. The van der Waals surface area contributed by atoms with Crippen LogP contribution in [0.25, 0.3) is 10.8 Å². The molecule has 2 N–H and O–H groups in total. The van der Waals surface area contributed by atoms with E-state index in [0.717, 1.165) is 23.1 Å². The van der Waals surface area contributed by atoms with E-state index < -0.39 is 0 Å². The first-order valence-electron chi connectivity index (χ1n) is 8.48. The topological polar surface area (TPSA) is 44.9 Å². The fourth-order valence-corrected chi connectivity index (χ4v) is 3.71. The number of aromatic amines is 1. The van der Waals surface area contributed by atoms with Crippen LogP contribution in [0.4, 0.5) is 0 Å². The largest absolute Gasteiger partial charge is 0.329 e. The van der Waals surface area contributed by atoms with Crippen LogP contribution in [0.1, 0.15) is 45.1 Å². The Morgan fingerprint density at radius 3 is 2.68 bits per heavy atom. The molecule has 0 amide bonds. The molecule has 3 rings (SSSR count). The zero-order chi connectivity index (χ0) is 15.5. The predicted molar refractivity (Wildman–Crippen MR) is 92.3 cm³/mol. The minimum absolute atomic E-state index is 0.00400. The van der Waals surface area contributed by atoms with E-state index in [9.17, 15) is 4.79 Å². The Labute approximate surface area is 132 Å². The van der Waals surface area contributed by atoms with Gasteiger partial charge in [0.1, 0.15) is 0 Å². The molecule has 1 aliphatic rings. The van der Waals surface area contributed by atoms with E-state index in [1.165, 1.54) is 31.2 Å². The van der Waals surface area contributed by atoms with Crippen molar-refractivity contribution < 1.29 is 0 Å². The molecular weight excluding hydrogens is 272 g/mol. The van der Waals surface area contributed by atoms with Gasteiger partial charge in [-0.05, 0) is 61.1 Å². The predicted octanol–water partition coefficient (Wildman–Crippen LogP) is 3.63. The molecule has 1 heterocycles. The lowest BCUT2D eigenvalue weighted by atomic mass is 9.82. The van der Waals surface area contributed by atoms with Gasteiger partial charge in [0.25, 0.3) is 5.56 Å². The van der Waals surface area contributed by atoms with Gasteiger partial charge in [0, 0.05) is 23.7 Å². The van der Waals surface area contributed by atoms with Crippen LogP contribution in [0.2, 0.25) is 0 Å². The second-order valence-corrected chi connectivity index (χ2v) is 6.97. The Balaban J connectivity index is 1.63. The highest BCUT2D eigenvalue weighted by Crippen LogP contribution is 2.28. The van der Waals surface area contributed by atoms with E-state index in [-0.39, 0.29) is 5.56 Å². The zero-order valence-electron chi connectivity index (χ0n) is 13.6. The van der Waals surface area contributed by atoms with Crippen LogP contribution in [-0.4, -0.2) is 17.1 Å². The van der Waals surface area contributed by atoms with Crippen LogP contribution in [0, 0.1) is 5.92 Å². The van der Waals surface area contributed by atoms with Gasteiger partial charge in [-0.2, -0.15) is 0 Å². The summed E-state index contributed by atoms with van der Waals surface area (Å²) in [6.07, 6.45) is 8.05. The maximum absolute atomic E-state index is 11.7. The van der Waals surface area contributed by atoms with E-state index in [1.54, 1.807) is 6.20 Å². The standard InChI is InChI=1S/C19H26N2O/c1-13(2)21-17-6-3-14(4-7-17)11-15-5-8-18-16(12-15)9-10-20-19(18)22/h5,8-10,12-14,17,21H,3-4,6-7,11H2,1-2H3,(H,20,22). The Morgan fingerprint density at radius 2 is 1.95 bits per heavy atom. The molecular formula is C19H26N2O. The van der Waals surface area contributed by atoms with Gasteiger partial charge < -0.3 is 10.3 Å². The van der Waals surface area contributed by atoms with E-state index in [1.807, 2.05) is 12.1 Å². The summed E-state index contributed by atoms with van der Waals surface area (Å²) in [5.41, 5.74) is 1.36. The van der Waals surface area contributed by atoms with Gasteiger partial charge in [-0.1, -0.05) is 26.0 Å². The third-order valence-electron chi connectivity index (χ3n) is 4.78. The number of H-pyrrole nitrogens is 1. The lowest BCUT2D eigenvalue weighted by Gasteiger charge is -2.30. The summed E-state index contributed by atoms with van der Waals surface area (Å²) in [5, 5.41) is 5.50. The zero-order valence-corrected chi connectivity index (χ0v) is 13.6. The first kappa shape index (κ1) is 15.3. The second-order valence-electron chi connectivity index (χ2n) is 6.97. The van der Waals surface area contributed by atoms with Crippen LogP contribution in [0.5, 0.6) is 0 Å². The summed E-state index contributed by atoms with van der Waals surface area (Å²) in [6, 6.07) is 9.55. The molecule has 22 heavy (non-hydrogen) atoms. The smallest absolute Gasteiger partial charge is 0.255 e. The average molecular weight is 298 g/mol. The van der Waals surface area contributed by atoms with Gasteiger partial charge in [0.15, 0.2) is 0 Å². The van der Waals surface area contributed by atoms with Crippen LogP contribution in [0.15, 0.2) is 35.3 Å². The Hall–Kier alpha value is -1.61. The van der Waals surface area contributed by atoms with E-state index in [0.29, 0.717) is 12.1 Å². The minimum Gasteiger partial charge on any atom is -0.329 e. The van der Waals surface area contributed by atoms with E-state index in [2.05, 4.69) is 36.3 Å². The summed E-state index contributed by atoms with van der Waals surface area (Å²) < 4.78 is 0. The number of benzene rings is 1. The Kier molecular flexibility index (Phi) is 4.63. The van der Waals surface area contributed by atoms with E-state index in [4.69, 9.17) is 0 Å². The number of hydrogen-bond acceptors (Lipinski definition) is 2. The lowest BCUT2D eigenvalue weighted by Crippen LogP contribution is -2.37. The Morgan fingerprint density at radius 1 is 1.18 bits per heavy atom. The number of aromatic nitrogens is 1. The van der Waals surface area contributed by atoms with E-state index >= 15 is 0 Å². The van der Waals surface area contributed by atoms with Crippen molar-refractivity contribution in [2.75, 3.05) is 0 Å². The minimum atomic E-state index is 0.00400. The van der Waals surface area contributed by atoms with Crippen molar-refractivity contribution in [1.29, 1.82) is 0 Å². The molecule has 0 unspecified atom stereocenters. The number of pyridine rings is 1. The van der Waals surface area contributed by atoms with Gasteiger partial charge in [0.2, 0.25) is 0 Å². The first-order chi connectivity index (χ1) is 10.6. The van der Waals surface area contributed by atoms with Gasteiger partial charge in [-0.15, -0.1) is 0 Å². The molecule has 1 saturated carbocycles. The molecule has 0 spiro atoms. The monoisotopic (exact) mass is 298 g/mol. The normalized spacial score (nSPS) is 22.3. The number of rotatable bonds is 4. The SMILES string of the molecule is CC(C)NC1CCC(Cc2ccc3c(=O)[nH]ccc3c2)CC1. The third-order valence-corrected chi connectivity index (χ3v) is 4.78. The van der Waals surface area contributed by atoms with Gasteiger partial charge in [-0.3, -0.25) is 4.79 Å². The van der Waals surface area contributed by atoms with Crippen molar-refractivity contribution in [3.63, 3.8) is 0 Å². The highest BCUT2D eigenvalue weighted by atomic mass is 16.1. The molecule has 0 radical (unpaired) electrons. The first-order valence-corrected chi connectivity index (χ1v) is 8.48. The number of nitrogens with one attached hydrogen (secondary N) is 2. The number of hydrogen-bond donors (Lipinski definition) is 2. The number of fused-ring (bicyclic) bond motifs is 1. The summed E-state index contributed by atoms with van der Waals surface area (Å²) in [6.45, 7) is 4.45. The van der Waals surface area contributed by atoms with Gasteiger partial charge >= 0.3 is 0 Å². The molecule has 3 nitrogen and oxygen atoms in total. The molecule has 0 aliphatic heterocycles. The molecule has 0 bridgehead atoms. The molecule has 0 atom stereocenters. The van der Waals surface area contributed by atoms with Crippen molar-refractivity contribution >= 4 is 10.8 Å².